The van der Waals surface area contributed by atoms with E-state index in [1.165, 1.54) is 6.92 Å². The zero-order chi connectivity index (χ0) is 58.4. The van der Waals surface area contributed by atoms with E-state index in [0.29, 0.717) is 19.4 Å². The number of hydrogen-bond acceptors (Lipinski definition) is 17. The van der Waals surface area contributed by atoms with E-state index in [-0.39, 0.29) is 54.9 Å². The molecule has 27 nitrogen and oxygen atoms in total. The lowest BCUT2D eigenvalue weighted by Gasteiger charge is -2.28. The third kappa shape index (κ3) is 28.4. The number of nitrogens with one attached hydrogen (secondary N) is 11. The average Bonchev–Trinajstić information content (AvgIpc) is 3.33. The number of aliphatic carboxylic acids is 1. The van der Waals surface area contributed by atoms with E-state index in [2.05, 4.69) is 83.7 Å². The van der Waals surface area contributed by atoms with Gasteiger partial charge >= 0.3 is 5.97 Å². The van der Waals surface area contributed by atoms with Gasteiger partial charge in [-0.15, -0.1) is 0 Å². The normalized spacial score (nSPS) is 14.8. The van der Waals surface area contributed by atoms with Crippen molar-refractivity contribution in [1.29, 1.82) is 0 Å². The van der Waals surface area contributed by atoms with Crippen LogP contribution in [0, 0.1) is 23.7 Å². The average molecular weight is 1120 g/mol. The van der Waals surface area contributed by atoms with Gasteiger partial charge in [0.15, 0.2) is 0 Å². The first-order chi connectivity index (χ1) is 35.5. The molecule has 76 heavy (non-hydrogen) atoms. The van der Waals surface area contributed by atoms with Gasteiger partial charge in [0.2, 0.25) is 65.0 Å². The first kappa shape index (κ1) is 70.2. The largest absolute Gasteiger partial charge is 0.480 e. The summed E-state index contributed by atoms with van der Waals surface area (Å²) in [6.07, 6.45) is 1.48. The van der Waals surface area contributed by atoms with Gasteiger partial charge in [0.25, 0.3) is 0 Å². The maximum Gasteiger partial charge on any atom is 0.326 e. The molecule has 434 valence electrons. The molecule has 0 rings (SSSR count). The van der Waals surface area contributed by atoms with Crippen molar-refractivity contribution in [1.82, 2.24) is 58.5 Å². The number of aliphatic hydroxyl groups excluding tert-OH is 1. The number of amides is 11. The third-order valence-corrected chi connectivity index (χ3v) is 11.7. The lowest BCUT2D eigenvalue weighted by Crippen LogP contribution is -2.61. The number of carbonyl (C=O) groups excluding carboxylic acids is 11. The molecule has 9 atom stereocenters. The van der Waals surface area contributed by atoms with Crippen LogP contribution in [0.5, 0.6) is 0 Å². The zero-order valence-electron chi connectivity index (χ0n) is 45.0. The summed E-state index contributed by atoms with van der Waals surface area (Å²) >= 11 is 8.34. The molecule has 0 fully saturated rings. The van der Waals surface area contributed by atoms with E-state index in [1.807, 2.05) is 13.8 Å². The Morgan fingerprint density at radius 3 is 1.24 bits per heavy atom. The van der Waals surface area contributed by atoms with Crippen molar-refractivity contribution >= 4 is 96.2 Å². The number of unbranched alkanes of at least 4 members (excludes halogenated alkanes) is 1. The Labute approximate surface area is 455 Å². The number of carboxylic acids is 1. The zero-order valence-corrected chi connectivity index (χ0v) is 46.8. The van der Waals surface area contributed by atoms with Crippen molar-refractivity contribution in [3.8, 4) is 0 Å². The highest BCUT2D eigenvalue weighted by Gasteiger charge is 2.34. The molecular weight excluding hydrogens is 1030 g/mol. The van der Waals surface area contributed by atoms with Crippen LogP contribution in [0.1, 0.15) is 101 Å². The first-order valence-corrected chi connectivity index (χ1v) is 26.5. The lowest BCUT2D eigenvalue weighted by atomic mass is 9.99. The summed E-state index contributed by atoms with van der Waals surface area (Å²) in [5.74, 6) is -11.5. The Morgan fingerprint density at radius 2 is 0.803 bits per heavy atom. The van der Waals surface area contributed by atoms with Gasteiger partial charge in [-0.05, 0) is 75.7 Å². The van der Waals surface area contributed by atoms with Crippen molar-refractivity contribution in [3.05, 3.63) is 0 Å². The second-order valence-electron chi connectivity index (χ2n) is 19.8. The van der Waals surface area contributed by atoms with Gasteiger partial charge < -0.3 is 80.2 Å². The number of thiol groups is 2. The van der Waals surface area contributed by atoms with Gasteiger partial charge in [0.1, 0.15) is 48.3 Å². The molecule has 0 radical (unpaired) electrons. The molecule has 0 spiro atoms. The molecule has 29 heteroatoms. The Hall–Kier alpha value is -5.78. The Bertz CT molecular complexity index is 1960. The molecule has 0 unspecified atom stereocenters. The summed E-state index contributed by atoms with van der Waals surface area (Å²) in [6, 6.07) is -11.2. The Balaban J connectivity index is 5.75. The van der Waals surface area contributed by atoms with Gasteiger partial charge in [0, 0.05) is 11.5 Å². The van der Waals surface area contributed by atoms with Crippen LogP contribution in [0.3, 0.4) is 0 Å². The van der Waals surface area contributed by atoms with Crippen LogP contribution in [0.15, 0.2) is 0 Å². The highest BCUT2D eigenvalue weighted by molar-refractivity contribution is 7.80. The SMILES string of the molecule is CC(C)C[C@H](NC(=O)CNC(=O)[C@H](CS)NC(=O)[C@H](CC(C)C)NC(=O)[C@H](C)N)C(=O)N[C@@H](CO)C(=O)N[C@@H](CS)C(=O)N[C@@H](CC(C)C)C(=O)N[C@H](C(=O)NCC(=O)NCC(=O)N[C@@H](CCCCN)C(=O)O)C(C)C. The fraction of sp³-hybridized carbons (Fsp3) is 0.745. The van der Waals surface area contributed by atoms with Gasteiger partial charge in [-0.2, -0.15) is 25.3 Å². The highest BCUT2D eigenvalue weighted by atomic mass is 32.1. The van der Waals surface area contributed by atoms with Crippen molar-refractivity contribution < 1.29 is 67.7 Å². The molecule has 0 aliphatic rings. The molecule has 0 saturated carbocycles. The second kappa shape index (κ2) is 37.1. The fourth-order valence-electron chi connectivity index (χ4n) is 6.92. The van der Waals surface area contributed by atoms with Crippen molar-refractivity contribution in [3.63, 3.8) is 0 Å². The smallest absolute Gasteiger partial charge is 0.326 e. The molecule has 0 aliphatic carbocycles. The third-order valence-electron chi connectivity index (χ3n) is 11.0. The number of nitrogens with two attached hydrogens (primary N) is 2. The van der Waals surface area contributed by atoms with Crippen molar-refractivity contribution in [2.45, 2.75) is 155 Å². The predicted molar refractivity (Wildman–Crippen MR) is 287 cm³/mol. The van der Waals surface area contributed by atoms with Crippen molar-refractivity contribution in [2.24, 2.45) is 35.1 Å². The van der Waals surface area contributed by atoms with E-state index >= 15 is 0 Å². The van der Waals surface area contributed by atoms with Gasteiger partial charge in [-0.25, -0.2) is 4.79 Å². The quantitative estimate of drug-likeness (QED) is 0.0206. The number of aliphatic hydroxyl groups is 1. The molecular formula is C47H85N13O14S2. The van der Waals surface area contributed by atoms with Crippen LogP contribution in [0.2, 0.25) is 0 Å². The van der Waals surface area contributed by atoms with Crippen LogP contribution in [-0.4, -0.2) is 180 Å². The summed E-state index contributed by atoms with van der Waals surface area (Å²) in [5.41, 5.74) is 11.1. The maximum atomic E-state index is 13.7. The summed E-state index contributed by atoms with van der Waals surface area (Å²) in [6.45, 7) is 12.9. The van der Waals surface area contributed by atoms with E-state index < -0.39 is 157 Å². The van der Waals surface area contributed by atoms with Gasteiger partial charge in [-0.3, -0.25) is 52.7 Å². The second-order valence-corrected chi connectivity index (χ2v) is 20.6. The Kier molecular flexibility index (Phi) is 34.3. The highest BCUT2D eigenvalue weighted by Crippen LogP contribution is 2.11. The van der Waals surface area contributed by atoms with Gasteiger partial charge in [0.05, 0.1) is 32.3 Å². The minimum Gasteiger partial charge on any atom is -0.480 e. The van der Waals surface area contributed by atoms with Crippen LogP contribution < -0.4 is 70.0 Å². The van der Waals surface area contributed by atoms with Gasteiger partial charge in [-0.1, -0.05) is 55.4 Å². The summed E-state index contributed by atoms with van der Waals surface area (Å²) < 4.78 is 0. The fourth-order valence-corrected chi connectivity index (χ4v) is 7.44. The van der Waals surface area contributed by atoms with Crippen LogP contribution in [-0.2, 0) is 57.5 Å². The Morgan fingerprint density at radius 1 is 0.434 bits per heavy atom. The molecule has 0 aromatic carbocycles. The molecule has 0 aromatic rings. The lowest BCUT2D eigenvalue weighted by molar-refractivity contribution is -0.142. The summed E-state index contributed by atoms with van der Waals surface area (Å²) in [5, 5.41) is 46.4. The number of carboxylic acid groups (broad SMARTS) is 1. The van der Waals surface area contributed by atoms with Crippen LogP contribution >= 0.6 is 25.3 Å². The van der Waals surface area contributed by atoms with Crippen LogP contribution in [0.25, 0.3) is 0 Å². The summed E-state index contributed by atoms with van der Waals surface area (Å²) in [7, 11) is 0. The number of carbonyl (C=O) groups is 12. The van der Waals surface area contributed by atoms with E-state index in [0.717, 1.165) is 0 Å². The monoisotopic (exact) mass is 1120 g/mol. The number of hydrogen-bond donors (Lipinski definition) is 17. The van der Waals surface area contributed by atoms with Crippen molar-refractivity contribution in [2.75, 3.05) is 44.3 Å². The van der Waals surface area contributed by atoms with E-state index in [4.69, 9.17) is 11.5 Å². The molecule has 0 aliphatic heterocycles. The minimum absolute atomic E-state index is 0.0205. The number of rotatable bonds is 37. The molecule has 0 aromatic heterocycles. The summed E-state index contributed by atoms with van der Waals surface area (Å²) in [4.78, 5) is 155. The molecule has 0 saturated heterocycles. The topological polar surface area (TPSA) is 430 Å². The minimum atomic E-state index is -1.66. The van der Waals surface area contributed by atoms with E-state index in [9.17, 15) is 67.7 Å². The first-order valence-electron chi connectivity index (χ1n) is 25.3. The standard InChI is InChI=1S/C47H85N13O14S2/c1-23(2)14-29(54-37(64)19-51-40(66)33(21-75)58-42(68)30(15-24(3)4)55-39(65)27(9)49)41(67)57-32(20-61)44(70)59-34(22-76)45(71)56-31(16-25(5)6)43(69)60-38(26(7)8)46(72)52-17-35(62)50-18-36(63)53-28(47(73)74)12-10-11-13-48/h23-34,38,61,75-76H,10-22,48-49H2,1-9H3,(H,50,62)(H,51,66)(H,52,72)(H,53,63)(H,54,64)(H,55,65)(H,56,71)(H,57,67)(H,58,68)(H,59,70)(H,60,69)(H,73,74)/t27-,28-,29-,30-,31-,32-,33-,34-,38-/m0/s1. The predicted octanol–water partition coefficient (Wildman–Crippen LogP) is -4.58. The molecule has 11 amide bonds. The molecule has 0 heterocycles. The van der Waals surface area contributed by atoms with E-state index in [1.54, 1.807) is 41.5 Å². The van der Waals surface area contributed by atoms with Crippen LogP contribution in [0.4, 0.5) is 0 Å². The molecule has 17 N–H and O–H groups in total. The maximum absolute atomic E-state index is 13.7. The molecule has 0 bridgehead atoms.